The number of hydrogen-bond acceptors (Lipinski definition) is 5. The summed E-state index contributed by atoms with van der Waals surface area (Å²) in [6.45, 7) is 1.71. The van der Waals surface area contributed by atoms with E-state index in [0.717, 1.165) is 11.3 Å². The highest BCUT2D eigenvalue weighted by Crippen LogP contribution is 2.12. The quantitative estimate of drug-likeness (QED) is 0.684. The van der Waals surface area contributed by atoms with E-state index in [4.69, 9.17) is 5.11 Å². The van der Waals surface area contributed by atoms with Crippen LogP contribution >= 0.6 is 11.3 Å². The van der Waals surface area contributed by atoms with E-state index in [1.54, 1.807) is 6.92 Å². The zero-order valence-corrected chi connectivity index (χ0v) is 6.87. The standard InChI is InChI=1S/C5H4N4O2S/c1-2-6-7-5-9(2)8-3(12-5)4(10)11/h1H3,(H,10,11). The van der Waals surface area contributed by atoms with Crippen LogP contribution in [0.1, 0.15) is 15.6 Å². The van der Waals surface area contributed by atoms with Crippen LogP contribution in [0.15, 0.2) is 0 Å². The Labute approximate surface area is 70.5 Å². The van der Waals surface area contributed by atoms with Crippen LogP contribution in [0.5, 0.6) is 0 Å². The third-order valence-corrected chi connectivity index (χ3v) is 2.22. The minimum Gasteiger partial charge on any atom is -0.476 e. The van der Waals surface area contributed by atoms with Crippen LogP contribution in [-0.4, -0.2) is 30.9 Å². The molecular formula is C5H4N4O2S. The Kier molecular flexibility index (Phi) is 1.34. The molecule has 0 radical (unpaired) electrons. The summed E-state index contributed by atoms with van der Waals surface area (Å²) in [4.78, 5) is 11.0. The zero-order valence-electron chi connectivity index (χ0n) is 6.05. The molecule has 0 atom stereocenters. The van der Waals surface area contributed by atoms with Crippen molar-refractivity contribution < 1.29 is 9.90 Å². The first-order valence-corrected chi connectivity index (χ1v) is 3.92. The number of aromatic carboxylic acids is 1. The van der Waals surface area contributed by atoms with Gasteiger partial charge in [-0.15, -0.1) is 15.3 Å². The second kappa shape index (κ2) is 2.24. The molecule has 0 fully saturated rings. The molecule has 62 valence electrons. The Balaban J connectivity index is 2.70. The molecular weight excluding hydrogens is 180 g/mol. The van der Waals surface area contributed by atoms with Gasteiger partial charge in [0, 0.05) is 0 Å². The van der Waals surface area contributed by atoms with Gasteiger partial charge < -0.3 is 5.11 Å². The summed E-state index contributed by atoms with van der Waals surface area (Å²) < 4.78 is 1.41. The minimum absolute atomic E-state index is 0.0306. The lowest BCUT2D eigenvalue weighted by Gasteiger charge is -1.81. The first-order valence-electron chi connectivity index (χ1n) is 3.10. The minimum atomic E-state index is -1.04. The molecule has 6 nitrogen and oxygen atoms in total. The topological polar surface area (TPSA) is 80.4 Å². The van der Waals surface area contributed by atoms with Gasteiger partial charge in [-0.25, -0.2) is 4.79 Å². The average Bonchev–Trinajstić information content (AvgIpc) is 2.53. The molecule has 0 amide bonds. The normalized spacial score (nSPS) is 10.8. The zero-order chi connectivity index (χ0) is 8.72. The summed E-state index contributed by atoms with van der Waals surface area (Å²) in [7, 11) is 0. The molecule has 0 unspecified atom stereocenters. The fraction of sp³-hybridized carbons (Fsp3) is 0.200. The summed E-state index contributed by atoms with van der Waals surface area (Å²) in [6.07, 6.45) is 0. The maximum Gasteiger partial charge on any atom is 0.367 e. The number of hydrogen-bond donors (Lipinski definition) is 1. The van der Waals surface area contributed by atoms with E-state index >= 15 is 0 Å². The molecule has 0 spiro atoms. The summed E-state index contributed by atoms with van der Waals surface area (Å²) in [5.74, 6) is -0.446. The highest BCUT2D eigenvalue weighted by molar-refractivity contribution is 7.18. The van der Waals surface area contributed by atoms with Crippen molar-refractivity contribution in [1.82, 2.24) is 19.8 Å². The Hall–Kier alpha value is -1.50. The molecule has 2 rings (SSSR count). The van der Waals surface area contributed by atoms with Crippen molar-refractivity contribution in [3.8, 4) is 0 Å². The fourth-order valence-electron chi connectivity index (χ4n) is 0.801. The van der Waals surface area contributed by atoms with Gasteiger partial charge in [0.15, 0.2) is 5.82 Å². The number of fused-ring (bicyclic) bond motifs is 1. The SMILES string of the molecule is Cc1nnc2sc(C(=O)O)nn12. The van der Waals surface area contributed by atoms with Gasteiger partial charge in [0.25, 0.3) is 0 Å². The van der Waals surface area contributed by atoms with Crippen molar-refractivity contribution in [1.29, 1.82) is 0 Å². The smallest absolute Gasteiger partial charge is 0.367 e. The molecule has 0 aliphatic carbocycles. The monoisotopic (exact) mass is 184 g/mol. The Bertz CT molecular complexity index is 445. The van der Waals surface area contributed by atoms with Crippen LogP contribution in [-0.2, 0) is 0 Å². The number of carbonyl (C=O) groups is 1. The van der Waals surface area contributed by atoms with Crippen LogP contribution in [0, 0.1) is 6.92 Å². The first-order chi connectivity index (χ1) is 5.68. The van der Waals surface area contributed by atoms with Crippen LogP contribution in [0.4, 0.5) is 0 Å². The van der Waals surface area contributed by atoms with Crippen molar-refractivity contribution >= 4 is 22.3 Å². The second-order valence-corrected chi connectivity index (χ2v) is 3.11. The molecule has 2 heterocycles. The van der Waals surface area contributed by atoms with Crippen LogP contribution in [0.2, 0.25) is 0 Å². The summed E-state index contributed by atoms with van der Waals surface area (Å²) in [5.41, 5.74) is 0. The van der Waals surface area contributed by atoms with Crippen molar-refractivity contribution in [2.24, 2.45) is 0 Å². The molecule has 0 saturated heterocycles. The third-order valence-electron chi connectivity index (χ3n) is 1.33. The highest BCUT2D eigenvalue weighted by Gasteiger charge is 2.13. The van der Waals surface area contributed by atoms with Gasteiger partial charge in [0.05, 0.1) is 0 Å². The van der Waals surface area contributed by atoms with E-state index in [1.807, 2.05) is 0 Å². The molecule has 2 aromatic heterocycles. The molecule has 12 heavy (non-hydrogen) atoms. The maximum absolute atomic E-state index is 10.5. The van der Waals surface area contributed by atoms with Gasteiger partial charge in [-0.1, -0.05) is 11.3 Å². The number of aryl methyl sites for hydroxylation is 1. The van der Waals surface area contributed by atoms with E-state index < -0.39 is 5.97 Å². The Morgan fingerprint density at radius 3 is 2.92 bits per heavy atom. The van der Waals surface area contributed by atoms with Gasteiger partial charge in [0.2, 0.25) is 9.97 Å². The molecule has 0 aliphatic rings. The fourth-order valence-corrected chi connectivity index (χ4v) is 1.52. The average molecular weight is 184 g/mol. The highest BCUT2D eigenvalue weighted by atomic mass is 32.1. The van der Waals surface area contributed by atoms with E-state index in [-0.39, 0.29) is 5.01 Å². The summed E-state index contributed by atoms with van der Waals surface area (Å²) in [6, 6.07) is 0. The van der Waals surface area contributed by atoms with E-state index in [2.05, 4.69) is 15.3 Å². The predicted octanol–water partition coefficient (Wildman–Crippen LogP) is 0.192. The molecule has 0 aliphatic heterocycles. The van der Waals surface area contributed by atoms with Crippen molar-refractivity contribution in [2.45, 2.75) is 6.92 Å². The lowest BCUT2D eigenvalue weighted by molar-refractivity contribution is 0.0695. The first kappa shape index (κ1) is 7.17. The van der Waals surface area contributed by atoms with Gasteiger partial charge in [0.1, 0.15) is 0 Å². The Morgan fingerprint density at radius 1 is 1.58 bits per heavy atom. The number of carboxylic acids is 1. The van der Waals surface area contributed by atoms with Gasteiger partial charge in [-0.2, -0.15) is 4.52 Å². The molecule has 1 N–H and O–H groups in total. The predicted molar refractivity (Wildman–Crippen MR) is 40.4 cm³/mol. The van der Waals surface area contributed by atoms with Gasteiger partial charge >= 0.3 is 5.97 Å². The molecule has 0 aromatic carbocycles. The van der Waals surface area contributed by atoms with Crippen LogP contribution in [0.3, 0.4) is 0 Å². The number of nitrogens with zero attached hydrogens (tertiary/aromatic N) is 4. The number of rotatable bonds is 1. The van der Waals surface area contributed by atoms with Gasteiger partial charge in [-0.05, 0) is 6.92 Å². The third kappa shape index (κ3) is 0.866. The molecule has 2 aromatic rings. The molecule has 7 heteroatoms. The molecule has 0 bridgehead atoms. The van der Waals surface area contributed by atoms with Crippen molar-refractivity contribution in [3.63, 3.8) is 0 Å². The summed E-state index contributed by atoms with van der Waals surface area (Å²) in [5, 5.41) is 19.8. The van der Waals surface area contributed by atoms with Crippen LogP contribution < -0.4 is 0 Å². The summed E-state index contributed by atoms with van der Waals surface area (Å²) >= 11 is 1.00. The number of carboxylic acid groups (broad SMARTS) is 1. The van der Waals surface area contributed by atoms with Crippen molar-refractivity contribution in [2.75, 3.05) is 0 Å². The lowest BCUT2D eigenvalue weighted by atomic mass is 10.7. The van der Waals surface area contributed by atoms with Gasteiger partial charge in [-0.3, -0.25) is 0 Å². The van der Waals surface area contributed by atoms with E-state index in [1.165, 1.54) is 4.52 Å². The molecule has 0 saturated carbocycles. The second-order valence-electron chi connectivity index (χ2n) is 2.15. The number of aromatic nitrogens is 4. The van der Waals surface area contributed by atoms with Crippen molar-refractivity contribution in [3.05, 3.63) is 10.8 Å². The maximum atomic E-state index is 10.5. The lowest BCUT2D eigenvalue weighted by Crippen LogP contribution is -1.97. The van der Waals surface area contributed by atoms with E-state index in [0.29, 0.717) is 10.8 Å². The largest absolute Gasteiger partial charge is 0.476 e. The van der Waals surface area contributed by atoms with Crippen LogP contribution in [0.25, 0.3) is 4.96 Å². The van der Waals surface area contributed by atoms with E-state index in [9.17, 15) is 4.79 Å². The Morgan fingerprint density at radius 2 is 2.33 bits per heavy atom.